The largest absolute Gasteiger partial charge is 0.491 e. The molecule has 2 aromatic rings. The highest BCUT2D eigenvalue weighted by molar-refractivity contribution is 5.37. The molecule has 0 amide bonds. The maximum atomic E-state index is 5.79. The number of rotatable bonds is 5. The summed E-state index contributed by atoms with van der Waals surface area (Å²) >= 11 is 0. The first-order valence-electron chi connectivity index (χ1n) is 6.42. The van der Waals surface area contributed by atoms with Gasteiger partial charge in [0.1, 0.15) is 11.6 Å². The Hall–Kier alpha value is -2.04. The van der Waals surface area contributed by atoms with Gasteiger partial charge in [-0.1, -0.05) is 18.2 Å². The third kappa shape index (κ3) is 3.47. The van der Waals surface area contributed by atoms with Crippen molar-refractivity contribution >= 4 is 5.95 Å². The minimum absolute atomic E-state index is 0.165. The molecule has 0 unspecified atom stereocenters. The molecule has 1 heterocycles. The van der Waals surface area contributed by atoms with Crippen molar-refractivity contribution in [1.29, 1.82) is 0 Å². The number of anilines is 1. The van der Waals surface area contributed by atoms with E-state index >= 15 is 0 Å². The van der Waals surface area contributed by atoms with Crippen LogP contribution in [-0.2, 0) is 13.6 Å². The zero-order valence-electron chi connectivity index (χ0n) is 11.8. The van der Waals surface area contributed by atoms with Crippen LogP contribution in [0.5, 0.6) is 5.75 Å². The molecule has 1 aromatic heterocycles. The number of hydrogen-bond donors (Lipinski definition) is 1. The van der Waals surface area contributed by atoms with Gasteiger partial charge in [0, 0.05) is 19.2 Å². The molecule has 2 rings (SSSR count). The van der Waals surface area contributed by atoms with Crippen LogP contribution in [-0.4, -0.2) is 20.9 Å². The molecule has 0 spiro atoms. The van der Waals surface area contributed by atoms with Gasteiger partial charge in [-0.3, -0.25) is 0 Å². The second-order valence-corrected chi connectivity index (χ2v) is 4.73. The fourth-order valence-electron chi connectivity index (χ4n) is 1.86. The molecule has 1 N–H and O–H groups in total. The molecule has 0 saturated carbocycles. The van der Waals surface area contributed by atoms with Crippen LogP contribution in [0.25, 0.3) is 0 Å². The maximum absolute atomic E-state index is 5.79. The molecule has 0 fully saturated rings. The van der Waals surface area contributed by atoms with Gasteiger partial charge in [0.15, 0.2) is 0 Å². The summed E-state index contributed by atoms with van der Waals surface area (Å²) in [4.78, 5) is 4.32. The Morgan fingerprint density at radius 2 is 2.05 bits per heavy atom. The van der Waals surface area contributed by atoms with Crippen LogP contribution in [0, 0.1) is 6.92 Å². The number of hydrogen-bond acceptors (Lipinski definition) is 4. The summed E-state index contributed by atoms with van der Waals surface area (Å²) in [6, 6.07) is 8.02. The highest BCUT2D eigenvalue weighted by Gasteiger charge is 2.07. The van der Waals surface area contributed by atoms with Crippen molar-refractivity contribution in [2.24, 2.45) is 7.05 Å². The van der Waals surface area contributed by atoms with Crippen molar-refractivity contribution in [3.05, 3.63) is 35.7 Å². The molecule has 19 heavy (non-hydrogen) atoms. The number of aromatic nitrogens is 3. The zero-order valence-corrected chi connectivity index (χ0v) is 11.8. The van der Waals surface area contributed by atoms with Crippen molar-refractivity contribution in [2.45, 2.75) is 33.4 Å². The van der Waals surface area contributed by atoms with Crippen LogP contribution in [0.3, 0.4) is 0 Å². The van der Waals surface area contributed by atoms with E-state index in [0.29, 0.717) is 6.54 Å². The van der Waals surface area contributed by atoms with Crippen LogP contribution in [0.4, 0.5) is 5.95 Å². The van der Waals surface area contributed by atoms with Crippen LogP contribution >= 0.6 is 0 Å². The van der Waals surface area contributed by atoms with Crippen molar-refractivity contribution in [3.63, 3.8) is 0 Å². The van der Waals surface area contributed by atoms with E-state index in [1.54, 1.807) is 4.68 Å². The number of ether oxygens (including phenoxy) is 1. The van der Waals surface area contributed by atoms with Crippen LogP contribution in [0.15, 0.2) is 24.3 Å². The van der Waals surface area contributed by atoms with E-state index in [-0.39, 0.29) is 6.10 Å². The van der Waals surface area contributed by atoms with Gasteiger partial charge in [-0.25, -0.2) is 4.68 Å². The van der Waals surface area contributed by atoms with Gasteiger partial charge in [-0.2, -0.15) is 10.1 Å². The molecule has 0 radical (unpaired) electrons. The molecule has 0 aliphatic carbocycles. The third-order valence-electron chi connectivity index (χ3n) is 2.64. The quantitative estimate of drug-likeness (QED) is 0.897. The second kappa shape index (κ2) is 5.73. The first kappa shape index (κ1) is 13.4. The van der Waals surface area contributed by atoms with Gasteiger partial charge in [-0.15, -0.1) is 0 Å². The highest BCUT2D eigenvalue weighted by Crippen LogP contribution is 2.20. The first-order chi connectivity index (χ1) is 9.06. The number of benzene rings is 1. The van der Waals surface area contributed by atoms with Gasteiger partial charge in [0.2, 0.25) is 5.95 Å². The van der Waals surface area contributed by atoms with Crippen molar-refractivity contribution in [2.75, 3.05) is 5.32 Å². The molecule has 0 saturated heterocycles. The molecular formula is C14H20N4O. The summed E-state index contributed by atoms with van der Waals surface area (Å²) in [7, 11) is 1.87. The summed E-state index contributed by atoms with van der Waals surface area (Å²) in [6.45, 7) is 6.59. The monoisotopic (exact) mass is 260 g/mol. The smallest absolute Gasteiger partial charge is 0.221 e. The summed E-state index contributed by atoms with van der Waals surface area (Å²) in [5.41, 5.74) is 1.11. The molecule has 5 heteroatoms. The number of nitrogens with zero attached hydrogens (tertiary/aromatic N) is 3. The van der Waals surface area contributed by atoms with Gasteiger partial charge >= 0.3 is 0 Å². The molecule has 5 nitrogen and oxygen atoms in total. The summed E-state index contributed by atoms with van der Waals surface area (Å²) in [5.74, 6) is 2.43. The third-order valence-corrected chi connectivity index (χ3v) is 2.64. The van der Waals surface area contributed by atoms with Crippen LogP contribution in [0.2, 0.25) is 0 Å². The number of para-hydroxylation sites is 1. The SMILES string of the molecule is Cc1nc(NCc2ccccc2OC(C)C)n(C)n1. The Morgan fingerprint density at radius 1 is 1.32 bits per heavy atom. The van der Waals surface area contributed by atoms with Gasteiger partial charge in [-0.05, 0) is 26.8 Å². The highest BCUT2D eigenvalue weighted by atomic mass is 16.5. The summed E-state index contributed by atoms with van der Waals surface area (Å²) < 4.78 is 7.52. The Kier molecular flexibility index (Phi) is 4.04. The average Bonchev–Trinajstić information content (AvgIpc) is 2.66. The van der Waals surface area contributed by atoms with E-state index in [1.807, 2.05) is 52.1 Å². The predicted octanol–water partition coefficient (Wildman–Crippen LogP) is 2.52. The van der Waals surface area contributed by atoms with Crippen LogP contribution in [0.1, 0.15) is 25.2 Å². The summed E-state index contributed by atoms with van der Waals surface area (Å²) in [6.07, 6.45) is 0.165. The van der Waals surface area contributed by atoms with E-state index in [4.69, 9.17) is 4.74 Å². The Balaban J connectivity index is 2.09. The average molecular weight is 260 g/mol. The standard InChI is InChI=1S/C14H20N4O/c1-10(2)19-13-8-6-5-7-12(13)9-15-14-16-11(3)17-18(14)4/h5-8,10H,9H2,1-4H3,(H,15,16,17). The lowest BCUT2D eigenvalue weighted by Crippen LogP contribution is -2.10. The fourth-order valence-corrected chi connectivity index (χ4v) is 1.86. The number of nitrogens with one attached hydrogen (secondary N) is 1. The van der Waals surface area contributed by atoms with E-state index < -0.39 is 0 Å². The number of aryl methyl sites for hydroxylation is 2. The van der Waals surface area contributed by atoms with Gasteiger partial charge in [0.05, 0.1) is 6.10 Å². The summed E-state index contributed by atoms with van der Waals surface area (Å²) in [5, 5.41) is 7.48. The lowest BCUT2D eigenvalue weighted by molar-refractivity contribution is 0.240. The van der Waals surface area contributed by atoms with Gasteiger partial charge in [0.25, 0.3) is 0 Å². The Bertz CT molecular complexity index is 548. The lowest BCUT2D eigenvalue weighted by atomic mass is 10.2. The molecule has 0 aliphatic heterocycles. The van der Waals surface area contributed by atoms with E-state index in [0.717, 1.165) is 23.1 Å². The molecule has 0 bridgehead atoms. The van der Waals surface area contributed by atoms with Crippen molar-refractivity contribution in [1.82, 2.24) is 14.8 Å². The predicted molar refractivity (Wildman–Crippen MR) is 75.3 cm³/mol. The Morgan fingerprint density at radius 3 is 2.68 bits per heavy atom. The first-order valence-corrected chi connectivity index (χ1v) is 6.42. The van der Waals surface area contributed by atoms with Crippen molar-refractivity contribution < 1.29 is 4.74 Å². The second-order valence-electron chi connectivity index (χ2n) is 4.73. The van der Waals surface area contributed by atoms with E-state index in [9.17, 15) is 0 Å². The van der Waals surface area contributed by atoms with E-state index in [2.05, 4.69) is 15.4 Å². The fraction of sp³-hybridized carbons (Fsp3) is 0.429. The molecule has 0 atom stereocenters. The van der Waals surface area contributed by atoms with Crippen LogP contribution < -0.4 is 10.1 Å². The maximum Gasteiger partial charge on any atom is 0.221 e. The molecule has 1 aromatic carbocycles. The van der Waals surface area contributed by atoms with E-state index in [1.165, 1.54) is 0 Å². The normalized spacial score (nSPS) is 10.8. The molecule has 0 aliphatic rings. The minimum Gasteiger partial charge on any atom is -0.491 e. The molecule has 102 valence electrons. The Labute approximate surface area is 113 Å². The lowest BCUT2D eigenvalue weighted by Gasteiger charge is -2.14. The van der Waals surface area contributed by atoms with Crippen molar-refractivity contribution in [3.8, 4) is 5.75 Å². The zero-order chi connectivity index (χ0) is 13.8. The topological polar surface area (TPSA) is 52.0 Å². The van der Waals surface area contributed by atoms with Gasteiger partial charge < -0.3 is 10.1 Å². The minimum atomic E-state index is 0.165. The molecular weight excluding hydrogens is 240 g/mol.